The second-order valence-electron chi connectivity index (χ2n) is 7.84. The van der Waals surface area contributed by atoms with E-state index in [4.69, 9.17) is 9.84 Å². The van der Waals surface area contributed by atoms with E-state index in [1.807, 2.05) is 17.9 Å². The molecule has 0 saturated carbocycles. The first kappa shape index (κ1) is 21.9. The van der Waals surface area contributed by atoms with Gasteiger partial charge in [0.1, 0.15) is 17.3 Å². The highest BCUT2D eigenvalue weighted by Crippen LogP contribution is 2.33. The van der Waals surface area contributed by atoms with Crippen LogP contribution in [0.25, 0.3) is 10.9 Å². The van der Waals surface area contributed by atoms with E-state index in [2.05, 4.69) is 9.97 Å². The van der Waals surface area contributed by atoms with E-state index in [0.29, 0.717) is 29.7 Å². The number of nitrogens with zero attached hydrogens (tertiary/aromatic N) is 3. The Morgan fingerprint density at radius 3 is 2.77 bits per heavy atom. The van der Waals surface area contributed by atoms with Crippen LogP contribution in [0.5, 0.6) is 0 Å². The van der Waals surface area contributed by atoms with Crippen molar-refractivity contribution < 1.29 is 19.7 Å². The number of nitriles is 1. The van der Waals surface area contributed by atoms with Gasteiger partial charge in [-0.1, -0.05) is 0 Å². The van der Waals surface area contributed by atoms with E-state index in [1.54, 1.807) is 13.2 Å². The number of methoxy groups -OCH3 is 1. The second kappa shape index (κ2) is 8.92. The van der Waals surface area contributed by atoms with Gasteiger partial charge >= 0.3 is 0 Å². The van der Waals surface area contributed by atoms with Gasteiger partial charge in [0.25, 0.3) is 5.56 Å². The van der Waals surface area contributed by atoms with Gasteiger partial charge in [-0.2, -0.15) is 5.26 Å². The average molecular weight is 414 g/mol. The fourth-order valence-corrected chi connectivity index (χ4v) is 3.69. The summed E-state index contributed by atoms with van der Waals surface area (Å²) >= 11 is 0. The van der Waals surface area contributed by atoms with Crippen LogP contribution in [-0.4, -0.2) is 64.5 Å². The number of hydrogen-bond acceptors (Lipinski definition) is 8. The van der Waals surface area contributed by atoms with E-state index in [-0.39, 0.29) is 35.5 Å². The monoisotopic (exact) mass is 414 g/mol. The molecule has 0 spiro atoms. The standard InChI is InChI=1S/C21H26N4O5/c1-21(30-2)5-7-25(8-6-21)19-14-9-16(18(28)4-3-13(27)12-26)23-11-17(14)24-20(29)15(19)10-22/h9,11,13,26-27H,3-8,12H2,1-2H3,(H,24,29). The molecule has 2 aromatic rings. The summed E-state index contributed by atoms with van der Waals surface area (Å²) in [5.74, 6) is -0.286. The van der Waals surface area contributed by atoms with Crippen LogP contribution >= 0.6 is 0 Å². The van der Waals surface area contributed by atoms with Crippen LogP contribution in [0.2, 0.25) is 0 Å². The fourth-order valence-electron chi connectivity index (χ4n) is 3.69. The maximum absolute atomic E-state index is 12.5. The van der Waals surface area contributed by atoms with Crippen molar-refractivity contribution >= 4 is 22.4 Å². The van der Waals surface area contributed by atoms with Gasteiger partial charge in [0.05, 0.1) is 35.7 Å². The largest absolute Gasteiger partial charge is 0.394 e. The Morgan fingerprint density at radius 1 is 1.47 bits per heavy atom. The van der Waals surface area contributed by atoms with Crippen molar-refractivity contribution in [1.82, 2.24) is 9.97 Å². The van der Waals surface area contributed by atoms with Crippen molar-refractivity contribution in [3.8, 4) is 6.07 Å². The lowest BCUT2D eigenvalue weighted by Gasteiger charge is -2.40. The number of aliphatic hydroxyl groups is 2. The Bertz CT molecular complexity index is 1030. The van der Waals surface area contributed by atoms with Crippen LogP contribution in [0.15, 0.2) is 17.1 Å². The lowest BCUT2D eigenvalue weighted by atomic mass is 9.92. The molecule has 0 bridgehead atoms. The number of piperidine rings is 1. The number of hydrogen-bond donors (Lipinski definition) is 3. The molecular weight excluding hydrogens is 388 g/mol. The van der Waals surface area contributed by atoms with Gasteiger partial charge in [-0.15, -0.1) is 0 Å². The van der Waals surface area contributed by atoms with Crippen molar-refractivity contribution in [3.63, 3.8) is 0 Å². The van der Waals surface area contributed by atoms with Gasteiger partial charge in [0, 0.05) is 32.0 Å². The molecule has 160 valence electrons. The van der Waals surface area contributed by atoms with Crippen LogP contribution in [0.3, 0.4) is 0 Å². The first-order valence-electron chi connectivity index (χ1n) is 9.90. The van der Waals surface area contributed by atoms with E-state index in [1.165, 1.54) is 6.20 Å². The predicted octanol–water partition coefficient (Wildman–Crippen LogP) is 1.12. The first-order valence-corrected chi connectivity index (χ1v) is 9.90. The number of rotatable bonds is 7. The van der Waals surface area contributed by atoms with Crippen molar-refractivity contribution in [2.75, 3.05) is 31.7 Å². The van der Waals surface area contributed by atoms with Crippen LogP contribution in [0.1, 0.15) is 48.7 Å². The summed E-state index contributed by atoms with van der Waals surface area (Å²) in [4.78, 5) is 33.8. The maximum atomic E-state index is 12.5. The van der Waals surface area contributed by atoms with Gasteiger partial charge in [0.2, 0.25) is 0 Å². The molecule has 0 aromatic carbocycles. The highest BCUT2D eigenvalue weighted by Gasteiger charge is 2.32. The van der Waals surface area contributed by atoms with Crippen LogP contribution in [-0.2, 0) is 4.74 Å². The summed E-state index contributed by atoms with van der Waals surface area (Å²) in [6.45, 7) is 2.83. The molecule has 1 atom stereocenters. The number of aromatic amines is 1. The minimum absolute atomic E-state index is 0.00354. The third kappa shape index (κ3) is 4.36. The molecular formula is C21H26N4O5. The van der Waals surface area contributed by atoms with Crippen molar-refractivity contribution in [3.05, 3.63) is 33.9 Å². The number of carbonyl (C=O) groups is 1. The zero-order chi connectivity index (χ0) is 21.9. The van der Waals surface area contributed by atoms with Crippen molar-refractivity contribution in [2.24, 2.45) is 0 Å². The third-order valence-corrected chi connectivity index (χ3v) is 5.81. The highest BCUT2D eigenvalue weighted by molar-refractivity contribution is 6.01. The molecule has 0 amide bonds. The fraction of sp³-hybridized carbons (Fsp3) is 0.524. The summed E-state index contributed by atoms with van der Waals surface area (Å²) in [7, 11) is 1.68. The number of nitrogens with one attached hydrogen (secondary N) is 1. The zero-order valence-electron chi connectivity index (χ0n) is 17.1. The number of Topliss-reactive ketones (excluding diaryl/α,β-unsaturated/α-hetero) is 1. The molecule has 0 aliphatic carbocycles. The summed E-state index contributed by atoms with van der Waals surface area (Å²) in [5.41, 5.74) is 0.387. The van der Waals surface area contributed by atoms with Gasteiger partial charge in [-0.25, -0.2) is 0 Å². The van der Waals surface area contributed by atoms with E-state index < -0.39 is 18.3 Å². The number of fused-ring (bicyclic) bond motifs is 1. The Labute approximate surface area is 173 Å². The molecule has 3 heterocycles. The number of carbonyl (C=O) groups excluding carboxylic acids is 1. The smallest absolute Gasteiger partial charge is 0.268 e. The third-order valence-electron chi connectivity index (χ3n) is 5.81. The van der Waals surface area contributed by atoms with Crippen LogP contribution < -0.4 is 10.5 Å². The number of aromatic nitrogens is 2. The highest BCUT2D eigenvalue weighted by atomic mass is 16.5. The summed E-state index contributed by atoms with van der Waals surface area (Å²) in [5, 5.41) is 28.6. The topological polar surface area (TPSA) is 140 Å². The minimum Gasteiger partial charge on any atom is -0.394 e. The summed E-state index contributed by atoms with van der Waals surface area (Å²) < 4.78 is 5.58. The SMILES string of the molecule is COC1(C)CCN(c2c(C#N)c(=O)[nH]c3cnc(C(=O)CCC(O)CO)cc23)CC1. The Morgan fingerprint density at radius 2 is 2.17 bits per heavy atom. The molecule has 2 aromatic heterocycles. The molecule has 1 aliphatic rings. The molecule has 0 radical (unpaired) electrons. The maximum Gasteiger partial charge on any atom is 0.268 e. The molecule has 9 nitrogen and oxygen atoms in total. The van der Waals surface area contributed by atoms with Gasteiger partial charge < -0.3 is 24.8 Å². The molecule has 3 rings (SSSR count). The Kier molecular flexibility index (Phi) is 6.51. The predicted molar refractivity (Wildman–Crippen MR) is 111 cm³/mol. The Balaban J connectivity index is 2.02. The average Bonchev–Trinajstić information content (AvgIpc) is 2.76. The summed E-state index contributed by atoms with van der Waals surface area (Å²) in [6.07, 6.45) is 2.07. The lowest BCUT2D eigenvalue weighted by molar-refractivity contribution is -0.0132. The van der Waals surface area contributed by atoms with Gasteiger partial charge in [-0.05, 0) is 32.3 Å². The Hall–Kier alpha value is -2.80. The quantitative estimate of drug-likeness (QED) is 0.573. The van der Waals surface area contributed by atoms with Crippen molar-refractivity contribution in [2.45, 2.75) is 44.3 Å². The normalized spacial score (nSPS) is 17.0. The molecule has 1 saturated heterocycles. The number of ether oxygens (including phenoxy) is 1. The lowest BCUT2D eigenvalue weighted by Crippen LogP contribution is -2.44. The van der Waals surface area contributed by atoms with E-state index in [9.17, 15) is 20.0 Å². The minimum atomic E-state index is -0.963. The number of anilines is 1. The van der Waals surface area contributed by atoms with E-state index >= 15 is 0 Å². The van der Waals surface area contributed by atoms with Crippen LogP contribution in [0.4, 0.5) is 5.69 Å². The number of ketones is 1. The zero-order valence-corrected chi connectivity index (χ0v) is 17.1. The molecule has 30 heavy (non-hydrogen) atoms. The molecule has 1 unspecified atom stereocenters. The number of pyridine rings is 2. The van der Waals surface area contributed by atoms with E-state index in [0.717, 1.165) is 12.8 Å². The van der Waals surface area contributed by atoms with Crippen molar-refractivity contribution in [1.29, 1.82) is 5.26 Å². The van der Waals surface area contributed by atoms with Gasteiger partial charge in [-0.3, -0.25) is 14.6 Å². The first-order chi connectivity index (χ1) is 14.3. The van der Waals surface area contributed by atoms with Gasteiger partial charge in [0.15, 0.2) is 5.78 Å². The van der Waals surface area contributed by atoms with Crippen LogP contribution in [0, 0.1) is 11.3 Å². The second-order valence-corrected chi connectivity index (χ2v) is 7.84. The number of H-pyrrole nitrogens is 1. The number of aliphatic hydroxyl groups excluding tert-OH is 2. The summed E-state index contributed by atoms with van der Waals surface area (Å²) in [6, 6.07) is 3.58. The molecule has 1 fully saturated rings. The molecule has 9 heteroatoms. The molecule has 1 aliphatic heterocycles. The molecule has 3 N–H and O–H groups in total.